The van der Waals surface area contributed by atoms with Gasteiger partial charge in [-0.15, -0.1) is 0 Å². The van der Waals surface area contributed by atoms with E-state index in [4.69, 9.17) is 9.84 Å². The fraction of sp³-hybridized carbons (Fsp3) is 0.923. The van der Waals surface area contributed by atoms with Crippen molar-refractivity contribution < 1.29 is 14.6 Å². The van der Waals surface area contributed by atoms with Gasteiger partial charge in [0.25, 0.3) is 0 Å². The summed E-state index contributed by atoms with van der Waals surface area (Å²) in [5.74, 6) is 0.731. The molecule has 0 aliphatic heterocycles. The lowest BCUT2D eigenvalue weighted by atomic mass is 10.0. The van der Waals surface area contributed by atoms with Crippen molar-refractivity contribution >= 4 is 6.16 Å². The lowest BCUT2D eigenvalue weighted by Crippen LogP contribution is -2.16. The number of ether oxygens (including phenoxy) is 1. The van der Waals surface area contributed by atoms with Crippen LogP contribution in [-0.4, -0.2) is 17.4 Å². The van der Waals surface area contributed by atoms with Crippen LogP contribution in [0, 0.1) is 5.92 Å². The zero-order chi connectivity index (χ0) is 12.4. The third kappa shape index (κ3) is 9.81. The van der Waals surface area contributed by atoms with E-state index in [1.165, 1.54) is 12.8 Å². The second-order valence-corrected chi connectivity index (χ2v) is 4.83. The quantitative estimate of drug-likeness (QED) is 0.470. The molecule has 0 radical (unpaired) electrons. The van der Waals surface area contributed by atoms with E-state index in [-0.39, 0.29) is 6.10 Å². The van der Waals surface area contributed by atoms with Crippen LogP contribution < -0.4 is 0 Å². The molecule has 96 valence electrons. The van der Waals surface area contributed by atoms with E-state index in [2.05, 4.69) is 20.8 Å². The minimum Gasteiger partial charge on any atom is -0.450 e. The van der Waals surface area contributed by atoms with Crippen LogP contribution in [0.3, 0.4) is 0 Å². The smallest absolute Gasteiger partial charge is 0.450 e. The molecule has 0 bridgehead atoms. The highest BCUT2D eigenvalue weighted by Gasteiger charge is 2.12. The molecule has 0 saturated heterocycles. The van der Waals surface area contributed by atoms with E-state index in [1.54, 1.807) is 0 Å². The van der Waals surface area contributed by atoms with Gasteiger partial charge in [-0.25, -0.2) is 4.79 Å². The largest absolute Gasteiger partial charge is 0.506 e. The molecule has 0 fully saturated rings. The zero-order valence-corrected chi connectivity index (χ0v) is 10.9. The molecule has 0 aromatic carbocycles. The van der Waals surface area contributed by atoms with Crippen molar-refractivity contribution in [3.63, 3.8) is 0 Å². The molecule has 0 aromatic rings. The van der Waals surface area contributed by atoms with E-state index in [0.717, 1.165) is 38.0 Å². The van der Waals surface area contributed by atoms with Crippen molar-refractivity contribution in [2.75, 3.05) is 0 Å². The molecule has 0 amide bonds. The van der Waals surface area contributed by atoms with Gasteiger partial charge in [-0.1, -0.05) is 46.5 Å². The molecule has 0 aliphatic rings. The highest BCUT2D eigenvalue weighted by molar-refractivity contribution is 5.57. The molecule has 3 nitrogen and oxygen atoms in total. The second kappa shape index (κ2) is 9.49. The molecule has 0 spiro atoms. The Kier molecular flexibility index (Phi) is 9.06. The Bertz CT molecular complexity index is 178. The van der Waals surface area contributed by atoms with Crippen LogP contribution in [0.2, 0.25) is 0 Å². The first kappa shape index (κ1) is 15.3. The SMILES string of the molecule is CCCCC(CCCCC(C)C)OC(=O)O. The van der Waals surface area contributed by atoms with Gasteiger partial charge in [0.15, 0.2) is 0 Å². The van der Waals surface area contributed by atoms with Crippen LogP contribution in [0.1, 0.15) is 65.7 Å². The summed E-state index contributed by atoms with van der Waals surface area (Å²) >= 11 is 0. The van der Waals surface area contributed by atoms with Gasteiger partial charge in [-0.3, -0.25) is 0 Å². The number of unbranched alkanes of at least 4 members (excludes halogenated alkanes) is 2. The molecule has 1 N–H and O–H groups in total. The van der Waals surface area contributed by atoms with Crippen LogP contribution in [0.25, 0.3) is 0 Å². The van der Waals surface area contributed by atoms with Gasteiger partial charge in [0.1, 0.15) is 6.10 Å². The molecule has 16 heavy (non-hydrogen) atoms. The van der Waals surface area contributed by atoms with Crippen LogP contribution in [0.5, 0.6) is 0 Å². The van der Waals surface area contributed by atoms with E-state index in [1.807, 2.05) is 0 Å². The number of hydrogen-bond donors (Lipinski definition) is 1. The Morgan fingerprint density at radius 3 is 2.19 bits per heavy atom. The highest BCUT2D eigenvalue weighted by Crippen LogP contribution is 2.15. The van der Waals surface area contributed by atoms with Crippen LogP contribution in [0.4, 0.5) is 4.79 Å². The van der Waals surface area contributed by atoms with Gasteiger partial charge in [0, 0.05) is 0 Å². The standard InChI is InChI=1S/C13H26O3/c1-4-5-9-12(16-13(14)15)10-7-6-8-11(2)3/h11-12H,4-10H2,1-3H3,(H,14,15). The molecule has 1 atom stereocenters. The highest BCUT2D eigenvalue weighted by atomic mass is 16.7. The Balaban J connectivity index is 3.68. The first-order valence-electron chi connectivity index (χ1n) is 6.45. The summed E-state index contributed by atoms with van der Waals surface area (Å²) in [6, 6.07) is 0. The monoisotopic (exact) mass is 230 g/mol. The normalized spacial score (nSPS) is 12.8. The van der Waals surface area contributed by atoms with Crippen molar-refractivity contribution in [1.82, 2.24) is 0 Å². The Morgan fingerprint density at radius 2 is 1.69 bits per heavy atom. The maximum atomic E-state index is 10.5. The van der Waals surface area contributed by atoms with Gasteiger partial charge < -0.3 is 9.84 Å². The summed E-state index contributed by atoms with van der Waals surface area (Å²) in [7, 11) is 0. The molecule has 3 heteroatoms. The molecule has 0 saturated carbocycles. The van der Waals surface area contributed by atoms with E-state index in [9.17, 15) is 4.79 Å². The lowest BCUT2D eigenvalue weighted by Gasteiger charge is -2.15. The average molecular weight is 230 g/mol. The molecule has 0 aliphatic carbocycles. The number of carbonyl (C=O) groups is 1. The van der Waals surface area contributed by atoms with E-state index < -0.39 is 6.16 Å². The molecule has 1 unspecified atom stereocenters. The third-order valence-corrected chi connectivity index (χ3v) is 2.70. The van der Waals surface area contributed by atoms with Crippen LogP contribution in [0.15, 0.2) is 0 Å². The molecule has 0 aromatic heterocycles. The van der Waals surface area contributed by atoms with Crippen molar-refractivity contribution in [3.8, 4) is 0 Å². The molecular weight excluding hydrogens is 204 g/mol. The van der Waals surface area contributed by atoms with Crippen molar-refractivity contribution in [3.05, 3.63) is 0 Å². The average Bonchev–Trinajstić information content (AvgIpc) is 2.19. The van der Waals surface area contributed by atoms with Crippen LogP contribution in [-0.2, 0) is 4.74 Å². The number of rotatable bonds is 9. The van der Waals surface area contributed by atoms with Gasteiger partial charge in [0.2, 0.25) is 0 Å². The van der Waals surface area contributed by atoms with Crippen LogP contribution >= 0.6 is 0 Å². The topological polar surface area (TPSA) is 46.5 Å². The molecular formula is C13H26O3. The maximum absolute atomic E-state index is 10.5. The fourth-order valence-electron chi connectivity index (χ4n) is 1.76. The summed E-state index contributed by atoms with van der Waals surface area (Å²) < 4.78 is 4.88. The first-order chi connectivity index (χ1) is 7.56. The van der Waals surface area contributed by atoms with E-state index >= 15 is 0 Å². The Morgan fingerprint density at radius 1 is 1.12 bits per heavy atom. The minimum atomic E-state index is -1.13. The number of hydrogen-bond acceptors (Lipinski definition) is 2. The van der Waals surface area contributed by atoms with Crippen molar-refractivity contribution in [1.29, 1.82) is 0 Å². The summed E-state index contributed by atoms with van der Waals surface area (Å²) in [6.07, 6.45) is 6.10. The summed E-state index contributed by atoms with van der Waals surface area (Å²) in [4.78, 5) is 10.5. The Labute approximate surface area is 99.2 Å². The van der Waals surface area contributed by atoms with Gasteiger partial charge in [0.05, 0.1) is 0 Å². The maximum Gasteiger partial charge on any atom is 0.506 e. The lowest BCUT2D eigenvalue weighted by molar-refractivity contribution is 0.0424. The predicted octanol–water partition coefficient (Wildman–Crippen LogP) is 4.46. The summed E-state index contributed by atoms with van der Waals surface area (Å²) in [5, 5.41) is 8.61. The van der Waals surface area contributed by atoms with Crippen molar-refractivity contribution in [2.45, 2.75) is 71.8 Å². The predicted molar refractivity (Wildman–Crippen MR) is 65.7 cm³/mol. The van der Waals surface area contributed by atoms with Gasteiger partial charge in [-0.2, -0.15) is 0 Å². The first-order valence-corrected chi connectivity index (χ1v) is 6.45. The summed E-state index contributed by atoms with van der Waals surface area (Å²) in [5.41, 5.74) is 0. The second-order valence-electron chi connectivity index (χ2n) is 4.83. The third-order valence-electron chi connectivity index (χ3n) is 2.70. The summed E-state index contributed by atoms with van der Waals surface area (Å²) in [6.45, 7) is 6.53. The number of carboxylic acid groups (broad SMARTS) is 1. The molecule has 0 rings (SSSR count). The fourth-order valence-corrected chi connectivity index (χ4v) is 1.76. The van der Waals surface area contributed by atoms with E-state index in [0.29, 0.717) is 0 Å². The van der Waals surface area contributed by atoms with Gasteiger partial charge in [-0.05, 0) is 25.2 Å². The van der Waals surface area contributed by atoms with Gasteiger partial charge >= 0.3 is 6.16 Å². The Hall–Kier alpha value is -0.730. The minimum absolute atomic E-state index is 0.0930. The molecule has 0 heterocycles. The zero-order valence-electron chi connectivity index (χ0n) is 10.9. The van der Waals surface area contributed by atoms with Crippen molar-refractivity contribution in [2.24, 2.45) is 5.92 Å².